The van der Waals surface area contributed by atoms with Gasteiger partial charge in [0, 0.05) is 25.8 Å². The molecule has 0 fully saturated rings. The Labute approximate surface area is 241 Å². The Bertz CT molecular complexity index is 1390. The van der Waals surface area contributed by atoms with Crippen molar-refractivity contribution in [3.8, 4) is 22.6 Å². The molecule has 2 amide bonds. The largest absolute Gasteiger partial charge is 0.493 e. The Kier molecular flexibility index (Phi) is 10.6. The van der Waals surface area contributed by atoms with Crippen LogP contribution in [-0.4, -0.2) is 69.2 Å². The van der Waals surface area contributed by atoms with Gasteiger partial charge in [-0.25, -0.2) is 0 Å². The van der Waals surface area contributed by atoms with Crippen LogP contribution in [0.25, 0.3) is 11.1 Å². The second-order valence-corrected chi connectivity index (χ2v) is 9.50. The molecule has 0 bridgehead atoms. The molecule has 0 saturated carbocycles. The number of hydrogen-bond donors (Lipinski definition) is 0. The maximum absolute atomic E-state index is 13.7. The van der Waals surface area contributed by atoms with Gasteiger partial charge < -0.3 is 28.4 Å². The van der Waals surface area contributed by atoms with Crippen LogP contribution in [0.3, 0.4) is 0 Å². The minimum Gasteiger partial charge on any atom is -0.493 e. The summed E-state index contributed by atoms with van der Waals surface area (Å²) >= 11 is 0. The van der Waals surface area contributed by atoms with Crippen LogP contribution >= 0.6 is 0 Å². The van der Waals surface area contributed by atoms with E-state index in [1.54, 1.807) is 50.7 Å². The number of hydrogen-bond acceptors (Lipinski definition) is 6. The molecular formula is C33H36N2O6. The summed E-state index contributed by atoms with van der Waals surface area (Å²) in [4.78, 5) is 30.5. The summed E-state index contributed by atoms with van der Waals surface area (Å²) in [6.07, 6.45) is 2.17. The van der Waals surface area contributed by atoms with Gasteiger partial charge in [0.2, 0.25) is 5.91 Å². The van der Waals surface area contributed by atoms with Crippen LogP contribution in [0.4, 0.5) is 0 Å². The van der Waals surface area contributed by atoms with Crippen molar-refractivity contribution < 1.29 is 28.2 Å². The van der Waals surface area contributed by atoms with Gasteiger partial charge >= 0.3 is 0 Å². The SMILES string of the molecule is COCCN(CC(=O)N(CCc1ccc(OC)c(OC)c1)Cc1ccco1)C(=O)c1ccc(-c2ccccc2)cc1. The first-order valence-electron chi connectivity index (χ1n) is 13.5. The average molecular weight is 557 g/mol. The van der Waals surface area contributed by atoms with Crippen molar-refractivity contribution in [2.75, 3.05) is 47.6 Å². The smallest absolute Gasteiger partial charge is 0.254 e. The Morgan fingerprint density at radius 3 is 2.15 bits per heavy atom. The van der Waals surface area contributed by atoms with Gasteiger partial charge in [0.25, 0.3) is 5.91 Å². The number of carbonyl (C=O) groups excluding carboxylic acids is 2. The van der Waals surface area contributed by atoms with Crippen LogP contribution in [0, 0.1) is 0 Å². The van der Waals surface area contributed by atoms with E-state index in [4.69, 9.17) is 18.6 Å². The molecule has 1 heterocycles. The van der Waals surface area contributed by atoms with Crippen LogP contribution in [0.15, 0.2) is 95.6 Å². The summed E-state index contributed by atoms with van der Waals surface area (Å²) in [5, 5.41) is 0. The zero-order valence-corrected chi connectivity index (χ0v) is 23.7. The monoisotopic (exact) mass is 556 g/mol. The molecular weight excluding hydrogens is 520 g/mol. The third-order valence-corrected chi connectivity index (χ3v) is 6.82. The van der Waals surface area contributed by atoms with Crippen LogP contribution in [0.5, 0.6) is 11.5 Å². The third kappa shape index (κ3) is 7.99. The van der Waals surface area contributed by atoms with E-state index in [1.807, 2.05) is 66.7 Å². The number of amides is 2. The van der Waals surface area contributed by atoms with Crippen molar-refractivity contribution >= 4 is 11.8 Å². The average Bonchev–Trinajstić information content (AvgIpc) is 3.54. The molecule has 3 aromatic carbocycles. The fraction of sp³-hybridized carbons (Fsp3) is 0.273. The van der Waals surface area contributed by atoms with E-state index in [0.29, 0.717) is 42.4 Å². The normalized spacial score (nSPS) is 10.7. The molecule has 4 rings (SSSR count). The number of carbonyl (C=O) groups is 2. The molecule has 0 aliphatic rings. The highest BCUT2D eigenvalue weighted by Gasteiger charge is 2.23. The lowest BCUT2D eigenvalue weighted by atomic mass is 10.0. The van der Waals surface area contributed by atoms with Crippen LogP contribution < -0.4 is 9.47 Å². The fourth-order valence-electron chi connectivity index (χ4n) is 4.52. The molecule has 0 radical (unpaired) electrons. The summed E-state index contributed by atoms with van der Waals surface area (Å²) < 4.78 is 21.6. The Balaban J connectivity index is 1.49. The predicted molar refractivity (Wildman–Crippen MR) is 157 cm³/mol. The van der Waals surface area contributed by atoms with Gasteiger partial charge in [0.1, 0.15) is 12.3 Å². The van der Waals surface area contributed by atoms with Gasteiger partial charge in [-0.05, 0) is 59.5 Å². The molecule has 0 atom stereocenters. The summed E-state index contributed by atoms with van der Waals surface area (Å²) in [6, 6.07) is 26.7. The second-order valence-electron chi connectivity index (χ2n) is 9.50. The molecule has 0 spiro atoms. The summed E-state index contributed by atoms with van der Waals surface area (Å²) in [7, 11) is 4.76. The summed E-state index contributed by atoms with van der Waals surface area (Å²) in [6.45, 7) is 1.22. The van der Waals surface area contributed by atoms with E-state index in [2.05, 4.69) is 0 Å². The molecule has 0 unspecified atom stereocenters. The van der Waals surface area contributed by atoms with E-state index >= 15 is 0 Å². The lowest BCUT2D eigenvalue weighted by Crippen LogP contribution is -2.44. The molecule has 0 N–H and O–H groups in total. The van der Waals surface area contributed by atoms with Gasteiger partial charge in [-0.1, -0.05) is 48.5 Å². The van der Waals surface area contributed by atoms with Crippen LogP contribution in [0.2, 0.25) is 0 Å². The van der Waals surface area contributed by atoms with E-state index in [1.165, 1.54) is 4.90 Å². The molecule has 41 heavy (non-hydrogen) atoms. The first-order chi connectivity index (χ1) is 20.0. The highest BCUT2D eigenvalue weighted by molar-refractivity contribution is 5.97. The maximum atomic E-state index is 13.7. The molecule has 0 aliphatic heterocycles. The van der Waals surface area contributed by atoms with Crippen molar-refractivity contribution in [2.24, 2.45) is 0 Å². The Hall–Kier alpha value is -4.56. The van der Waals surface area contributed by atoms with Crippen molar-refractivity contribution in [3.05, 3.63) is 108 Å². The highest BCUT2D eigenvalue weighted by atomic mass is 16.5. The quantitative estimate of drug-likeness (QED) is 0.209. The molecule has 8 nitrogen and oxygen atoms in total. The minimum atomic E-state index is -0.229. The van der Waals surface area contributed by atoms with E-state index in [-0.39, 0.29) is 31.4 Å². The molecule has 8 heteroatoms. The predicted octanol–water partition coefficient (Wildman–Crippen LogP) is 5.32. The van der Waals surface area contributed by atoms with Gasteiger partial charge in [-0.2, -0.15) is 0 Å². The van der Waals surface area contributed by atoms with E-state index in [9.17, 15) is 9.59 Å². The van der Waals surface area contributed by atoms with E-state index in [0.717, 1.165) is 16.7 Å². The molecule has 4 aromatic rings. The van der Waals surface area contributed by atoms with Crippen LogP contribution in [0.1, 0.15) is 21.7 Å². The Morgan fingerprint density at radius 1 is 0.756 bits per heavy atom. The number of methoxy groups -OCH3 is 3. The van der Waals surface area contributed by atoms with Crippen molar-refractivity contribution in [1.82, 2.24) is 9.80 Å². The topological polar surface area (TPSA) is 81.5 Å². The maximum Gasteiger partial charge on any atom is 0.254 e. The second kappa shape index (κ2) is 14.7. The molecule has 0 aliphatic carbocycles. The summed E-state index contributed by atoms with van der Waals surface area (Å²) in [5.41, 5.74) is 3.59. The highest BCUT2D eigenvalue weighted by Crippen LogP contribution is 2.28. The number of rotatable bonds is 14. The zero-order chi connectivity index (χ0) is 29.0. The number of nitrogens with zero attached hydrogens (tertiary/aromatic N) is 2. The number of benzene rings is 3. The lowest BCUT2D eigenvalue weighted by Gasteiger charge is -2.27. The molecule has 1 aromatic heterocycles. The molecule has 214 valence electrons. The lowest BCUT2D eigenvalue weighted by molar-refractivity contribution is -0.132. The number of furan rings is 1. The molecule has 0 saturated heterocycles. The van der Waals surface area contributed by atoms with Crippen molar-refractivity contribution in [1.29, 1.82) is 0 Å². The van der Waals surface area contributed by atoms with Crippen LogP contribution in [-0.2, 0) is 22.5 Å². The van der Waals surface area contributed by atoms with Crippen molar-refractivity contribution in [2.45, 2.75) is 13.0 Å². The van der Waals surface area contributed by atoms with Gasteiger partial charge in [0.05, 0.1) is 33.6 Å². The van der Waals surface area contributed by atoms with Gasteiger partial charge in [-0.3, -0.25) is 9.59 Å². The first-order valence-corrected chi connectivity index (χ1v) is 13.5. The standard InChI is InChI=1S/C33H36N2O6/c1-38-21-19-35(33(37)28-14-12-27(13-15-28)26-8-5-4-6-9-26)24-32(36)34(23-29-10-7-20-41-29)18-17-25-11-16-30(39-2)31(22-25)40-3/h4-16,20,22H,17-19,21,23-24H2,1-3H3. The van der Waals surface area contributed by atoms with Crippen molar-refractivity contribution in [3.63, 3.8) is 0 Å². The Morgan fingerprint density at radius 2 is 1.49 bits per heavy atom. The first kappa shape index (κ1) is 29.4. The minimum absolute atomic E-state index is 0.0880. The van der Waals surface area contributed by atoms with E-state index < -0.39 is 0 Å². The number of ether oxygens (including phenoxy) is 3. The third-order valence-electron chi connectivity index (χ3n) is 6.82. The van der Waals surface area contributed by atoms with Gasteiger partial charge in [0.15, 0.2) is 11.5 Å². The zero-order valence-electron chi connectivity index (χ0n) is 23.7. The fourth-order valence-corrected chi connectivity index (χ4v) is 4.52. The van der Waals surface area contributed by atoms with Gasteiger partial charge in [-0.15, -0.1) is 0 Å². The summed E-state index contributed by atoms with van der Waals surface area (Å²) in [5.74, 6) is 1.52.